The number of benzene rings is 2. The third kappa shape index (κ3) is 6.13. The summed E-state index contributed by atoms with van der Waals surface area (Å²) in [5.74, 6) is 2.40. The van der Waals surface area contributed by atoms with Crippen molar-refractivity contribution in [3.05, 3.63) is 47.5 Å². The lowest BCUT2D eigenvalue weighted by Gasteiger charge is -2.17. The Morgan fingerprint density at radius 3 is 2.27 bits per heavy atom. The van der Waals surface area contributed by atoms with Gasteiger partial charge < -0.3 is 29.6 Å². The molecule has 0 saturated carbocycles. The lowest BCUT2D eigenvalue weighted by molar-refractivity contribution is -0.0504. The van der Waals surface area contributed by atoms with Gasteiger partial charge in [-0.05, 0) is 18.6 Å². The molecule has 0 heterocycles. The first-order valence-corrected chi connectivity index (χ1v) is 9.29. The van der Waals surface area contributed by atoms with Crippen LogP contribution in [0, 0.1) is 0 Å². The zero-order valence-corrected chi connectivity index (χ0v) is 17.5. The van der Waals surface area contributed by atoms with E-state index in [-0.39, 0.29) is 12.3 Å². The average Bonchev–Trinajstić information content (AvgIpc) is 2.75. The Hall–Kier alpha value is -3.23. The molecule has 164 valence electrons. The molecule has 0 aliphatic carbocycles. The van der Waals surface area contributed by atoms with Crippen LogP contribution in [0.15, 0.2) is 41.4 Å². The average molecular weight is 423 g/mol. The Labute approximate surface area is 175 Å². The maximum Gasteiger partial charge on any atom is 0.387 e. The second-order valence-corrected chi connectivity index (χ2v) is 6.08. The Morgan fingerprint density at radius 2 is 1.63 bits per heavy atom. The van der Waals surface area contributed by atoms with E-state index in [4.69, 9.17) is 14.2 Å². The minimum Gasteiger partial charge on any atom is -0.493 e. The van der Waals surface area contributed by atoms with E-state index in [9.17, 15) is 8.78 Å². The molecule has 2 N–H and O–H groups in total. The van der Waals surface area contributed by atoms with Gasteiger partial charge in [-0.1, -0.05) is 24.3 Å². The minimum atomic E-state index is -2.87. The summed E-state index contributed by atoms with van der Waals surface area (Å²) in [5, 5.41) is 6.28. The lowest BCUT2D eigenvalue weighted by Crippen LogP contribution is -2.38. The molecule has 0 aromatic heterocycles. The molecular weight excluding hydrogens is 396 g/mol. The summed E-state index contributed by atoms with van der Waals surface area (Å²) in [6.45, 7) is -2.04. The molecule has 30 heavy (non-hydrogen) atoms. The van der Waals surface area contributed by atoms with Crippen molar-refractivity contribution in [1.82, 2.24) is 10.6 Å². The van der Waals surface area contributed by atoms with Crippen molar-refractivity contribution < 1.29 is 27.7 Å². The predicted molar refractivity (Wildman–Crippen MR) is 111 cm³/mol. The Kier molecular flexibility index (Phi) is 8.99. The van der Waals surface area contributed by atoms with Gasteiger partial charge in [0, 0.05) is 31.3 Å². The molecule has 0 aliphatic heterocycles. The number of hydrogen-bond acceptors (Lipinski definition) is 5. The van der Waals surface area contributed by atoms with Crippen LogP contribution in [0.4, 0.5) is 8.78 Å². The summed E-state index contributed by atoms with van der Waals surface area (Å²) in [7, 11) is 6.34. The van der Waals surface area contributed by atoms with Gasteiger partial charge in [0.2, 0.25) is 5.75 Å². The van der Waals surface area contributed by atoms with Crippen molar-refractivity contribution in [3.8, 4) is 23.0 Å². The van der Waals surface area contributed by atoms with Crippen molar-refractivity contribution in [1.29, 1.82) is 0 Å². The van der Waals surface area contributed by atoms with Crippen LogP contribution >= 0.6 is 0 Å². The first-order chi connectivity index (χ1) is 14.5. The van der Waals surface area contributed by atoms with E-state index in [0.717, 1.165) is 5.56 Å². The third-order valence-corrected chi connectivity index (χ3v) is 4.33. The quantitative estimate of drug-likeness (QED) is 0.452. The number of hydrogen-bond donors (Lipinski definition) is 2. The van der Waals surface area contributed by atoms with Gasteiger partial charge in [-0.3, -0.25) is 4.99 Å². The molecule has 0 atom stereocenters. The molecule has 0 aliphatic rings. The molecule has 2 aromatic carbocycles. The molecule has 0 bridgehead atoms. The van der Waals surface area contributed by atoms with Gasteiger partial charge in [0.05, 0.1) is 21.3 Å². The minimum absolute atomic E-state index is 0.130. The van der Waals surface area contributed by atoms with Crippen LogP contribution in [0.25, 0.3) is 0 Å². The Morgan fingerprint density at radius 1 is 0.900 bits per heavy atom. The first-order valence-electron chi connectivity index (χ1n) is 9.29. The number of nitrogens with one attached hydrogen (secondary N) is 2. The Balaban J connectivity index is 1.96. The molecule has 7 nitrogen and oxygen atoms in total. The van der Waals surface area contributed by atoms with E-state index in [1.54, 1.807) is 46.6 Å². The summed E-state index contributed by atoms with van der Waals surface area (Å²) >= 11 is 0. The normalized spacial score (nSPS) is 11.2. The summed E-state index contributed by atoms with van der Waals surface area (Å²) in [4.78, 5) is 4.16. The van der Waals surface area contributed by atoms with Crippen LogP contribution < -0.4 is 29.6 Å². The maximum absolute atomic E-state index is 12.6. The van der Waals surface area contributed by atoms with Gasteiger partial charge >= 0.3 is 6.61 Å². The van der Waals surface area contributed by atoms with E-state index in [0.29, 0.717) is 41.7 Å². The molecule has 0 fully saturated rings. The second-order valence-electron chi connectivity index (χ2n) is 6.08. The highest BCUT2D eigenvalue weighted by Crippen LogP contribution is 2.39. The summed E-state index contributed by atoms with van der Waals surface area (Å²) in [6, 6.07) is 10.4. The van der Waals surface area contributed by atoms with Gasteiger partial charge in [-0.25, -0.2) is 0 Å². The van der Waals surface area contributed by atoms with Crippen LogP contribution in [0.3, 0.4) is 0 Å². The van der Waals surface area contributed by atoms with E-state index >= 15 is 0 Å². The van der Waals surface area contributed by atoms with E-state index in [1.807, 2.05) is 12.1 Å². The van der Waals surface area contributed by atoms with Crippen LogP contribution in [0.2, 0.25) is 0 Å². The molecule has 2 rings (SSSR count). The van der Waals surface area contributed by atoms with E-state index < -0.39 is 6.61 Å². The van der Waals surface area contributed by atoms with Crippen molar-refractivity contribution in [2.45, 2.75) is 19.6 Å². The van der Waals surface area contributed by atoms with E-state index in [2.05, 4.69) is 20.4 Å². The second kappa shape index (κ2) is 11.7. The van der Waals surface area contributed by atoms with Crippen LogP contribution in [-0.2, 0) is 13.0 Å². The number of aliphatic imine (C=N–C) groups is 1. The number of nitrogens with zero attached hydrogens (tertiary/aromatic N) is 1. The number of methoxy groups -OCH3 is 3. The van der Waals surface area contributed by atoms with Crippen LogP contribution in [0.1, 0.15) is 11.1 Å². The standard InChI is InChI=1S/C21H27F2N3O4/c1-24-21(26-13-15-7-5-6-8-16(15)30-20(22)23)25-12-11-14-9-10-17(27-2)19(29-4)18(14)28-3/h5-10,20H,11-13H2,1-4H3,(H2,24,25,26). The van der Waals surface area contributed by atoms with Crippen LogP contribution in [0.5, 0.6) is 23.0 Å². The molecule has 0 saturated heterocycles. The van der Waals surface area contributed by atoms with Crippen LogP contribution in [-0.4, -0.2) is 47.5 Å². The fourth-order valence-electron chi connectivity index (χ4n) is 2.94. The zero-order chi connectivity index (χ0) is 21.9. The van der Waals surface area contributed by atoms with Crippen molar-refractivity contribution in [2.24, 2.45) is 4.99 Å². The van der Waals surface area contributed by atoms with Crippen molar-refractivity contribution in [3.63, 3.8) is 0 Å². The number of ether oxygens (including phenoxy) is 4. The predicted octanol–water partition coefficient (Wildman–Crippen LogP) is 3.22. The molecule has 0 amide bonds. The summed E-state index contributed by atoms with van der Waals surface area (Å²) < 4.78 is 45.8. The van der Waals surface area contributed by atoms with Gasteiger partial charge in [-0.15, -0.1) is 0 Å². The molecule has 0 spiro atoms. The lowest BCUT2D eigenvalue weighted by atomic mass is 10.1. The first kappa shape index (κ1) is 23.1. The highest BCUT2D eigenvalue weighted by molar-refractivity contribution is 5.79. The number of rotatable bonds is 10. The third-order valence-electron chi connectivity index (χ3n) is 4.33. The maximum atomic E-state index is 12.6. The Bertz CT molecular complexity index is 847. The highest BCUT2D eigenvalue weighted by atomic mass is 19.3. The summed E-state index contributed by atoms with van der Waals surface area (Å²) in [5.41, 5.74) is 1.54. The number of para-hydroxylation sites is 1. The molecule has 2 aromatic rings. The highest BCUT2D eigenvalue weighted by Gasteiger charge is 2.15. The topological polar surface area (TPSA) is 73.3 Å². The van der Waals surface area contributed by atoms with E-state index in [1.165, 1.54) is 6.07 Å². The van der Waals surface area contributed by atoms with Gasteiger partial charge in [0.1, 0.15) is 5.75 Å². The largest absolute Gasteiger partial charge is 0.493 e. The fourth-order valence-corrected chi connectivity index (χ4v) is 2.94. The zero-order valence-electron chi connectivity index (χ0n) is 17.5. The fraction of sp³-hybridized carbons (Fsp3) is 0.381. The number of alkyl halides is 2. The molecular formula is C21H27F2N3O4. The van der Waals surface area contributed by atoms with Gasteiger partial charge in [0.25, 0.3) is 0 Å². The monoisotopic (exact) mass is 423 g/mol. The van der Waals surface area contributed by atoms with Gasteiger partial charge in [0.15, 0.2) is 17.5 Å². The molecule has 0 radical (unpaired) electrons. The number of guanidine groups is 1. The molecule has 0 unspecified atom stereocenters. The smallest absolute Gasteiger partial charge is 0.387 e. The number of halogens is 2. The van der Waals surface area contributed by atoms with Crippen molar-refractivity contribution >= 4 is 5.96 Å². The molecule has 9 heteroatoms. The van der Waals surface area contributed by atoms with Crippen molar-refractivity contribution in [2.75, 3.05) is 34.9 Å². The summed E-state index contributed by atoms with van der Waals surface area (Å²) in [6.07, 6.45) is 0.634. The van der Waals surface area contributed by atoms with Gasteiger partial charge in [-0.2, -0.15) is 8.78 Å². The SMILES string of the molecule is CN=C(NCCc1ccc(OC)c(OC)c1OC)NCc1ccccc1OC(F)F.